The predicted molar refractivity (Wildman–Crippen MR) is 72.2 cm³/mol. The first-order chi connectivity index (χ1) is 9.03. The first-order valence-electron chi connectivity index (χ1n) is 6.09. The van der Waals surface area contributed by atoms with Gasteiger partial charge in [-0.25, -0.2) is 8.42 Å². The fourth-order valence-corrected chi connectivity index (χ4v) is 2.74. The van der Waals surface area contributed by atoms with Crippen molar-refractivity contribution in [2.24, 2.45) is 0 Å². The lowest BCUT2D eigenvalue weighted by molar-refractivity contribution is 0.414. The maximum Gasteiger partial charge on any atom is 0.241 e. The first-order valence-corrected chi connectivity index (χ1v) is 7.57. The van der Waals surface area contributed by atoms with Crippen molar-refractivity contribution in [2.45, 2.75) is 37.1 Å². The minimum atomic E-state index is -3.66. The molecule has 0 aromatic heterocycles. The summed E-state index contributed by atoms with van der Waals surface area (Å²) in [6.45, 7) is 1.99. The minimum absolute atomic E-state index is 0.130. The van der Waals surface area contributed by atoms with E-state index in [0.29, 0.717) is 12.2 Å². The summed E-state index contributed by atoms with van der Waals surface area (Å²) in [5.41, 5.74) is 0. The number of sulfonamides is 1. The molecule has 1 atom stereocenters. The number of ether oxygens (including phenoxy) is 1. The third kappa shape index (κ3) is 4.54. The highest BCUT2D eigenvalue weighted by Gasteiger charge is 2.19. The normalized spacial score (nSPS) is 12.7. The van der Waals surface area contributed by atoms with Gasteiger partial charge in [-0.15, -0.1) is 0 Å². The van der Waals surface area contributed by atoms with Gasteiger partial charge in [-0.1, -0.05) is 19.8 Å². The Bertz CT molecular complexity index is 532. The van der Waals surface area contributed by atoms with Gasteiger partial charge < -0.3 is 4.74 Å². The third-order valence-electron chi connectivity index (χ3n) is 2.67. The number of methoxy groups -OCH3 is 1. The van der Waals surface area contributed by atoms with Crippen LogP contribution in [0.3, 0.4) is 0 Å². The maximum atomic E-state index is 12.1. The molecule has 0 aliphatic rings. The molecule has 0 aliphatic carbocycles. The molecule has 0 saturated heterocycles. The Labute approximate surface area is 114 Å². The van der Waals surface area contributed by atoms with Gasteiger partial charge in [0, 0.05) is 0 Å². The lowest BCUT2D eigenvalue weighted by Gasteiger charge is -2.12. The van der Waals surface area contributed by atoms with Crippen molar-refractivity contribution in [3.63, 3.8) is 0 Å². The topological polar surface area (TPSA) is 79.2 Å². The lowest BCUT2D eigenvalue weighted by atomic mass is 10.1. The Morgan fingerprint density at radius 1 is 1.37 bits per heavy atom. The van der Waals surface area contributed by atoms with Crippen LogP contribution in [-0.4, -0.2) is 21.6 Å². The van der Waals surface area contributed by atoms with Crippen LogP contribution >= 0.6 is 0 Å². The van der Waals surface area contributed by atoms with E-state index in [1.807, 2.05) is 13.0 Å². The summed E-state index contributed by atoms with van der Waals surface area (Å²) in [7, 11) is -2.14. The molecule has 0 aliphatic heterocycles. The van der Waals surface area contributed by atoms with Gasteiger partial charge in [0.25, 0.3) is 0 Å². The second-order valence-electron chi connectivity index (χ2n) is 4.12. The van der Waals surface area contributed by atoms with Crippen molar-refractivity contribution in [1.29, 1.82) is 5.26 Å². The molecule has 1 N–H and O–H groups in total. The fraction of sp³-hybridized carbons (Fsp3) is 0.462. The van der Waals surface area contributed by atoms with Crippen molar-refractivity contribution in [3.8, 4) is 11.8 Å². The van der Waals surface area contributed by atoms with Crippen molar-refractivity contribution in [3.05, 3.63) is 24.3 Å². The van der Waals surface area contributed by atoms with E-state index in [2.05, 4.69) is 4.72 Å². The van der Waals surface area contributed by atoms with Gasteiger partial charge in [-0.2, -0.15) is 9.98 Å². The highest BCUT2D eigenvalue weighted by atomic mass is 32.2. The molecule has 5 nitrogen and oxygen atoms in total. The molecule has 1 rings (SSSR count). The van der Waals surface area contributed by atoms with Crippen molar-refractivity contribution in [1.82, 2.24) is 4.72 Å². The van der Waals surface area contributed by atoms with Gasteiger partial charge in [0.05, 0.1) is 18.1 Å². The van der Waals surface area contributed by atoms with Gasteiger partial charge in [0.15, 0.2) is 0 Å². The van der Waals surface area contributed by atoms with E-state index in [1.165, 1.54) is 19.2 Å². The fourth-order valence-electron chi connectivity index (χ4n) is 1.57. The maximum absolute atomic E-state index is 12.1. The average Bonchev–Trinajstić information content (AvgIpc) is 2.43. The molecule has 0 radical (unpaired) electrons. The molecule has 1 aromatic carbocycles. The Balaban J connectivity index is 2.82. The summed E-state index contributed by atoms with van der Waals surface area (Å²) in [4.78, 5) is 0.130. The molecule has 0 saturated carbocycles. The molecule has 1 aromatic rings. The number of rotatable bonds is 7. The number of nitriles is 1. The van der Waals surface area contributed by atoms with E-state index >= 15 is 0 Å². The van der Waals surface area contributed by atoms with Crippen LogP contribution in [0.25, 0.3) is 0 Å². The monoisotopic (exact) mass is 282 g/mol. The van der Waals surface area contributed by atoms with Crippen LogP contribution in [0.2, 0.25) is 0 Å². The number of nitrogens with one attached hydrogen (secondary N) is 1. The number of benzene rings is 1. The summed E-state index contributed by atoms with van der Waals surface area (Å²) in [6, 6.07) is 7.33. The molecule has 0 spiro atoms. The van der Waals surface area contributed by atoms with Crippen LogP contribution in [0.15, 0.2) is 29.2 Å². The van der Waals surface area contributed by atoms with Gasteiger partial charge in [-0.05, 0) is 30.7 Å². The van der Waals surface area contributed by atoms with E-state index < -0.39 is 16.1 Å². The van der Waals surface area contributed by atoms with Gasteiger partial charge in [0.1, 0.15) is 11.8 Å². The van der Waals surface area contributed by atoms with Gasteiger partial charge in [-0.3, -0.25) is 0 Å². The standard InChI is InChI=1S/C13H18N2O3S/c1-3-4-5-11(10-14)15-19(16,17)13-8-6-12(18-2)7-9-13/h6-9,11,15H,3-5H2,1-2H3. The SMILES string of the molecule is CCCCC(C#N)NS(=O)(=O)c1ccc(OC)cc1. The van der Waals surface area contributed by atoms with Crippen LogP contribution in [-0.2, 0) is 10.0 Å². The number of nitrogens with zero attached hydrogens (tertiary/aromatic N) is 1. The van der Waals surface area contributed by atoms with E-state index in [0.717, 1.165) is 12.8 Å². The molecule has 19 heavy (non-hydrogen) atoms. The van der Waals surface area contributed by atoms with Crippen LogP contribution < -0.4 is 9.46 Å². The Morgan fingerprint density at radius 3 is 2.47 bits per heavy atom. The summed E-state index contributed by atoms with van der Waals surface area (Å²) in [6.07, 6.45) is 2.24. The Hall–Kier alpha value is -1.58. The molecule has 0 heterocycles. The van der Waals surface area contributed by atoms with Crippen LogP contribution in [0.5, 0.6) is 5.75 Å². The van der Waals surface area contributed by atoms with Crippen LogP contribution in [0.1, 0.15) is 26.2 Å². The highest BCUT2D eigenvalue weighted by Crippen LogP contribution is 2.16. The zero-order chi connectivity index (χ0) is 14.3. The van der Waals surface area contributed by atoms with Gasteiger partial charge in [0.2, 0.25) is 10.0 Å². The quantitative estimate of drug-likeness (QED) is 0.830. The summed E-state index contributed by atoms with van der Waals surface area (Å²) in [5, 5.41) is 8.95. The third-order valence-corrected chi connectivity index (χ3v) is 4.16. The van der Waals surface area contributed by atoms with E-state index in [1.54, 1.807) is 12.1 Å². The molecule has 6 heteroatoms. The first kappa shape index (κ1) is 15.5. The number of hydrogen-bond donors (Lipinski definition) is 1. The molecule has 1 unspecified atom stereocenters. The Kier molecular flexibility index (Phi) is 5.80. The molecular formula is C13H18N2O3S. The Morgan fingerprint density at radius 2 is 2.00 bits per heavy atom. The zero-order valence-corrected chi connectivity index (χ0v) is 11.9. The number of hydrogen-bond acceptors (Lipinski definition) is 4. The molecule has 0 amide bonds. The second kappa shape index (κ2) is 7.12. The molecule has 104 valence electrons. The minimum Gasteiger partial charge on any atom is -0.497 e. The highest BCUT2D eigenvalue weighted by molar-refractivity contribution is 7.89. The van der Waals surface area contributed by atoms with Crippen molar-refractivity contribution < 1.29 is 13.2 Å². The molecule has 0 fully saturated rings. The lowest BCUT2D eigenvalue weighted by Crippen LogP contribution is -2.33. The van der Waals surface area contributed by atoms with Crippen molar-refractivity contribution in [2.75, 3.05) is 7.11 Å². The van der Waals surface area contributed by atoms with Crippen LogP contribution in [0.4, 0.5) is 0 Å². The second-order valence-corrected chi connectivity index (χ2v) is 5.83. The average molecular weight is 282 g/mol. The largest absolute Gasteiger partial charge is 0.497 e. The zero-order valence-electron chi connectivity index (χ0n) is 11.1. The van der Waals surface area contributed by atoms with E-state index in [4.69, 9.17) is 10.00 Å². The van der Waals surface area contributed by atoms with E-state index in [9.17, 15) is 8.42 Å². The summed E-state index contributed by atoms with van der Waals surface area (Å²) < 4.78 is 31.5. The van der Waals surface area contributed by atoms with Crippen LogP contribution in [0, 0.1) is 11.3 Å². The predicted octanol–water partition coefficient (Wildman–Crippen LogP) is 2.06. The van der Waals surface area contributed by atoms with E-state index in [-0.39, 0.29) is 4.90 Å². The summed E-state index contributed by atoms with van der Waals surface area (Å²) in [5.74, 6) is 0.585. The molecular weight excluding hydrogens is 264 g/mol. The number of unbranched alkanes of at least 4 members (excludes halogenated alkanes) is 1. The van der Waals surface area contributed by atoms with Gasteiger partial charge >= 0.3 is 0 Å². The summed E-state index contributed by atoms with van der Waals surface area (Å²) >= 11 is 0. The smallest absolute Gasteiger partial charge is 0.241 e. The van der Waals surface area contributed by atoms with Crippen molar-refractivity contribution >= 4 is 10.0 Å². The molecule has 0 bridgehead atoms.